The number of hydrogen-bond donors (Lipinski definition) is 1. The van der Waals surface area contributed by atoms with E-state index in [9.17, 15) is 9.59 Å². The van der Waals surface area contributed by atoms with Crippen molar-refractivity contribution < 1.29 is 19.1 Å². The zero-order valence-corrected chi connectivity index (χ0v) is 17.7. The van der Waals surface area contributed by atoms with Crippen LogP contribution in [0.3, 0.4) is 0 Å². The molecule has 0 radical (unpaired) electrons. The fraction of sp³-hybridized carbons (Fsp3) is 0.444. The van der Waals surface area contributed by atoms with Crippen molar-refractivity contribution >= 4 is 45.7 Å². The van der Waals surface area contributed by atoms with E-state index in [0.717, 1.165) is 12.8 Å². The molecule has 2 aromatic rings. The number of aromatic nitrogens is 2. The van der Waals surface area contributed by atoms with Gasteiger partial charge < -0.3 is 14.8 Å². The highest BCUT2D eigenvalue weighted by Gasteiger charge is 2.34. The summed E-state index contributed by atoms with van der Waals surface area (Å²) in [7, 11) is 3.10. The summed E-state index contributed by atoms with van der Waals surface area (Å²) < 4.78 is 11.1. The van der Waals surface area contributed by atoms with Crippen molar-refractivity contribution in [3.8, 4) is 11.5 Å². The van der Waals surface area contributed by atoms with Gasteiger partial charge in [-0.05, 0) is 31.9 Å². The molecule has 0 bridgehead atoms. The molecule has 150 valence electrons. The van der Waals surface area contributed by atoms with Crippen LogP contribution in [0.4, 0.5) is 10.8 Å². The lowest BCUT2D eigenvalue weighted by molar-refractivity contribution is -0.117. The number of carbonyl (C=O) groups excluding carboxylic acids is 2. The van der Waals surface area contributed by atoms with Gasteiger partial charge in [0.2, 0.25) is 16.9 Å². The van der Waals surface area contributed by atoms with Crippen LogP contribution in [0.15, 0.2) is 22.5 Å². The van der Waals surface area contributed by atoms with Crippen LogP contribution in [0.25, 0.3) is 0 Å². The molecule has 1 aromatic heterocycles. The molecule has 1 aromatic carbocycles. The maximum absolute atomic E-state index is 12.5. The minimum Gasteiger partial charge on any atom is -0.493 e. The van der Waals surface area contributed by atoms with Gasteiger partial charge in [0.25, 0.3) is 0 Å². The van der Waals surface area contributed by atoms with Gasteiger partial charge in [0, 0.05) is 24.7 Å². The lowest BCUT2D eigenvalue weighted by Gasteiger charge is -2.15. The number of hydrogen-bond acceptors (Lipinski definition) is 8. The Morgan fingerprint density at radius 1 is 1.25 bits per heavy atom. The van der Waals surface area contributed by atoms with Crippen LogP contribution in [0.2, 0.25) is 0 Å². The Morgan fingerprint density at radius 3 is 2.57 bits per heavy atom. The largest absolute Gasteiger partial charge is 0.493 e. The number of rotatable bonds is 8. The Balaban J connectivity index is 1.62. The van der Waals surface area contributed by atoms with E-state index >= 15 is 0 Å². The Hall–Kier alpha value is -2.33. The van der Waals surface area contributed by atoms with E-state index in [0.29, 0.717) is 26.7 Å². The maximum Gasteiger partial charge on any atom is 0.237 e. The first kappa shape index (κ1) is 20.4. The van der Waals surface area contributed by atoms with Crippen LogP contribution in [-0.4, -0.2) is 47.5 Å². The molecule has 3 rings (SSSR count). The molecule has 8 nitrogen and oxygen atoms in total. The highest BCUT2D eigenvalue weighted by molar-refractivity contribution is 8.02. The van der Waals surface area contributed by atoms with Gasteiger partial charge in [0.1, 0.15) is 0 Å². The summed E-state index contributed by atoms with van der Waals surface area (Å²) in [5.41, 5.74) is 0.615. The molecular weight excluding hydrogens is 400 g/mol. The second-order valence-electron chi connectivity index (χ2n) is 6.29. The number of nitrogens with zero attached hydrogens (tertiary/aromatic N) is 3. The summed E-state index contributed by atoms with van der Waals surface area (Å²) in [6, 6.07) is 5.42. The van der Waals surface area contributed by atoms with Crippen molar-refractivity contribution in [3.05, 3.63) is 18.2 Å². The third-order valence-electron chi connectivity index (χ3n) is 4.15. The number of benzene rings is 1. The number of methoxy groups -OCH3 is 2. The standard InChI is InChI=1S/C18H22N4O4S2/c1-10(16(24)19-12-5-8-14(25-3)15(9-12)26-4)27-18-21-20-17(28-18)22(11(2)23)13-6-7-13/h5,8-10,13H,6-7H2,1-4H3,(H,19,24). The van der Waals surface area contributed by atoms with Crippen LogP contribution in [0.5, 0.6) is 11.5 Å². The minimum atomic E-state index is -0.388. The van der Waals surface area contributed by atoms with Crippen LogP contribution in [0, 0.1) is 0 Å². The van der Waals surface area contributed by atoms with Crippen molar-refractivity contribution in [2.75, 3.05) is 24.4 Å². The van der Waals surface area contributed by atoms with Crippen LogP contribution in [0.1, 0.15) is 26.7 Å². The van der Waals surface area contributed by atoms with E-state index in [4.69, 9.17) is 9.47 Å². The van der Waals surface area contributed by atoms with Crippen molar-refractivity contribution in [1.29, 1.82) is 0 Å². The molecular formula is C18H22N4O4S2. The zero-order chi connectivity index (χ0) is 20.3. The molecule has 1 aliphatic rings. The number of anilines is 2. The third-order valence-corrected chi connectivity index (χ3v) is 6.26. The minimum absolute atomic E-state index is 0.0329. The third kappa shape index (κ3) is 4.74. The van der Waals surface area contributed by atoms with E-state index in [1.54, 1.807) is 44.2 Å². The molecule has 1 aliphatic carbocycles. The summed E-state index contributed by atoms with van der Waals surface area (Å²) in [5.74, 6) is 0.933. The second kappa shape index (κ2) is 8.78. The molecule has 0 spiro atoms. The van der Waals surface area contributed by atoms with Gasteiger partial charge in [-0.3, -0.25) is 14.5 Å². The van der Waals surface area contributed by atoms with Gasteiger partial charge in [-0.15, -0.1) is 10.2 Å². The average molecular weight is 423 g/mol. The van der Waals surface area contributed by atoms with Gasteiger partial charge in [0.15, 0.2) is 15.8 Å². The molecule has 28 heavy (non-hydrogen) atoms. The smallest absolute Gasteiger partial charge is 0.237 e. The number of carbonyl (C=O) groups is 2. The van der Waals surface area contributed by atoms with Gasteiger partial charge in [-0.2, -0.15) is 0 Å². The lowest BCUT2D eigenvalue weighted by atomic mass is 10.2. The van der Waals surface area contributed by atoms with Crippen molar-refractivity contribution in [2.45, 2.75) is 42.3 Å². The molecule has 1 saturated carbocycles. The number of amides is 2. The first-order valence-electron chi connectivity index (χ1n) is 8.75. The predicted octanol–water partition coefficient (Wildman–Crippen LogP) is 3.19. The fourth-order valence-corrected chi connectivity index (χ4v) is 4.69. The van der Waals surface area contributed by atoms with Gasteiger partial charge in [-0.1, -0.05) is 23.1 Å². The summed E-state index contributed by atoms with van der Waals surface area (Å²) in [5, 5.41) is 11.3. The summed E-state index contributed by atoms with van der Waals surface area (Å²) in [6.07, 6.45) is 1.98. The SMILES string of the molecule is COc1ccc(NC(=O)C(C)Sc2nnc(N(C(C)=O)C3CC3)s2)cc1OC. The summed E-state index contributed by atoms with van der Waals surface area (Å²) >= 11 is 2.64. The van der Waals surface area contributed by atoms with Gasteiger partial charge in [-0.25, -0.2) is 0 Å². The Kier molecular flexibility index (Phi) is 6.40. The first-order chi connectivity index (χ1) is 13.4. The Labute approximate surface area is 171 Å². The molecule has 2 amide bonds. The van der Waals surface area contributed by atoms with Crippen LogP contribution < -0.4 is 19.7 Å². The Bertz CT molecular complexity index is 869. The average Bonchev–Trinajstić information content (AvgIpc) is 3.40. The molecule has 0 saturated heterocycles. The quantitative estimate of drug-likeness (QED) is 0.516. The van der Waals surface area contributed by atoms with Gasteiger partial charge >= 0.3 is 0 Å². The second-order valence-corrected chi connectivity index (χ2v) is 8.83. The highest BCUT2D eigenvalue weighted by Crippen LogP contribution is 2.37. The molecule has 10 heteroatoms. The Morgan fingerprint density at radius 2 is 1.96 bits per heavy atom. The van der Waals surface area contributed by atoms with Crippen molar-refractivity contribution in [2.24, 2.45) is 0 Å². The van der Waals surface area contributed by atoms with Crippen molar-refractivity contribution in [3.63, 3.8) is 0 Å². The lowest BCUT2D eigenvalue weighted by Crippen LogP contribution is -2.30. The summed E-state index contributed by atoms with van der Waals surface area (Å²) in [6.45, 7) is 3.33. The number of nitrogens with one attached hydrogen (secondary N) is 1. The molecule has 0 aliphatic heterocycles. The van der Waals surface area contributed by atoms with E-state index in [1.165, 1.54) is 30.0 Å². The first-order valence-corrected chi connectivity index (χ1v) is 10.5. The number of thioether (sulfide) groups is 1. The molecule has 1 N–H and O–H groups in total. The molecule has 1 atom stereocenters. The predicted molar refractivity (Wildman–Crippen MR) is 110 cm³/mol. The molecule has 1 unspecified atom stereocenters. The maximum atomic E-state index is 12.5. The monoisotopic (exact) mass is 422 g/mol. The molecule has 1 heterocycles. The molecule has 1 fully saturated rings. The normalized spacial score (nSPS) is 14.3. The van der Waals surface area contributed by atoms with Crippen molar-refractivity contribution in [1.82, 2.24) is 10.2 Å². The fourth-order valence-electron chi connectivity index (χ4n) is 2.59. The topological polar surface area (TPSA) is 93.6 Å². The van der Waals surface area contributed by atoms with E-state index in [2.05, 4.69) is 15.5 Å². The van der Waals surface area contributed by atoms with Gasteiger partial charge in [0.05, 0.1) is 19.5 Å². The number of ether oxygens (including phenoxy) is 2. The zero-order valence-electron chi connectivity index (χ0n) is 16.1. The highest BCUT2D eigenvalue weighted by atomic mass is 32.2. The van der Waals surface area contributed by atoms with E-state index in [1.807, 2.05) is 0 Å². The van der Waals surface area contributed by atoms with Crippen LogP contribution >= 0.6 is 23.1 Å². The van der Waals surface area contributed by atoms with E-state index < -0.39 is 0 Å². The summed E-state index contributed by atoms with van der Waals surface area (Å²) in [4.78, 5) is 26.1. The van der Waals surface area contributed by atoms with E-state index in [-0.39, 0.29) is 23.1 Å². The van der Waals surface area contributed by atoms with Crippen LogP contribution in [-0.2, 0) is 9.59 Å².